The van der Waals surface area contributed by atoms with Crippen LogP contribution in [0.4, 0.5) is 4.39 Å². The predicted molar refractivity (Wildman–Crippen MR) is 137 cm³/mol. The second-order valence-corrected chi connectivity index (χ2v) is 9.46. The van der Waals surface area contributed by atoms with Crippen LogP contribution in [0.5, 0.6) is 0 Å². The Labute approximate surface area is 200 Å². The maximum absolute atomic E-state index is 13.4. The van der Waals surface area contributed by atoms with E-state index < -0.39 is 0 Å². The van der Waals surface area contributed by atoms with E-state index in [1.807, 2.05) is 25.1 Å². The van der Waals surface area contributed by atoms with Gasteiger partial charge in [-0.25, -0.2) is 4.39 Å². The Hall–Kier alpha value is -2.42. The summed E-state index contributed by atoms with van der Waals surface area (Å²) >= 11 is 0. The van der Waals surface area contributed by atoms with E-state index in [0.29, 0.717) is 0 Å². The second kappa shape index (κ2) is 13.3. The van der Waals surface area contributed by atoms with E-state index in [1.54, 1.807) is 19.2 Å². The summed E-state index contributed by atoms with van der Waals surface area (Å²) in [5.41, 5.74) is 4.42. The van der Waals surface area contributed by atoms with Crippen LogP contribution in [0.15, 0.2) is 54.8 Å². The lowest BCUT2D eigenvalue weighted by atomic mass is 9.92. The van der Waals surface area contributed by atoms with Crippen molar-refractivity contribution < 1.29 is 9.13 Å². The molecule has 0 N–H and O–H groups in total. The number of nitrogens with zero attached hydrogens (tertiary/aromatic N) is 1. The summed E-state index contributed by atoms with van der Waals surface area (Å²) in [5, 5.41) is 0. The van der Waals surface area contributed by atoms with E-state index in [-0.39, 0.29) is 5.82 Å². The molecule has 0 bridgehead atoms. The van der Waals surface area contributed by atoms with E-state index in [1.165, 1.54) is 76.3 Å². The van der Waals surface area contributed by atoms with Crippen LogP contribution in [-0.4, -0.2) is 12.1 Å². The Bertz CT molecular complexity index is 894. The number of pyridine rings is 1. The van der Waals surface area contributed by atoms with Crippen LogP contribution in [0.2, 0.25) is 0 Å². The Kier molecular flexibility index (Phi) is 10.2. The lowest BCUT2D eigenvalue weighted by Gasteiger charge is -2.18. The molecule has 0 amide bonds. The molecule has 0 saturated heterocycles. The smallest absolute Gasteiger partial charge is 0.123 e. The summed E-state index contributed by atoms with van der Waals surface area (Å²) in [6, 6.07) is 12.4. The monoisotopic (exact) mass is 449 g/mol. The van der Waals surface area contributed by atoms with Crippen molar-refractivity contribution in [3.05, 3.63) is 77.6 Å². The molecule has 2 aromatic rings. The van der Waals surface area contributed by atoms with E-state index in [9.17, 15) is 4.39 Å². The molecule has 2 aliphatic carbocycles. The summed E-state index contributed by atoms with van der Waals surface area (Å²) in [6.45, 7) is 6.29. The highest BCUT2D eigenvalue weighted by molar-refractivity contribution is 6.04. The summed E-state index contributed by atoms with van der Waals surface area (Å²) in [7, 11) is 1.72. The number of halogens is 1. The number of methoxy groups -OCH3 is 1. The van der Waals surface area contributed by atoms with Crippen LogP contribution in [0, 0.1) is 18.7 Å². The highest BCUT2D eigenvalue weighted by Crippen LogP contribution is 2.36. The summed E-state index contributed by atoms with van der Waals surface area (Å²) in [6.07, 6.45) is 16.3. The third-order valence-corrected chi connectivity index (χ3v) is 6.92. The average Bonchev–Trinajstić information content (AvgIpc) is 3.37. The lowest BCUT2D eigenvalue weighted by Crippen LogP contribution is -2.03. The Morgan fingerprint density at radius 2 is 1.55 bits per heavy atom. The first kappa shape index (κ1) is 25.2. The second-order valence-electron chi connectivity index (χ2n) is 9.46. The number of hydrogen-bond donors (Lipinski definition) is 0. The van der Waals surface area contributed by atoms with Gasteiger partial charge in [-0.15, -0.1) is 0 Å². The highest BCUT2D eigenvalue weighted by Gasteiger charge is 2.20. The van der Waals surface area contributed by atoms with Gasteiger partial charge in [0.2, 0.25) is 0 Å². The van der Waals surface area contributed by atoms with Crippen LogP contribution in [0.3, 0.4) is 0 Å². The molecule has 0 atom stereocenters. The van der Waals surface area contributed by atoms with Gasteiger partial charge in [0.1, 0.15) is 11.6 Å². The fraction of sp³-hybridized carbons (Fsp3) is 0.500. The first-order valence-electron chi connectivity index (χ1n) is 12.7. The van der Waals surface area contributed by atoms with E-state index in [2.05, 4.69) is 6.58 Å². The van der Waals surface area contributed by atoms with Crippen LogP contribution in [0.1, 0.15) is 94.0 Å². The van der Waals surface area contributed by atoms with E-state index in [4.69, 9.17) is 9.72 Å². The fourth-order valence-corrected chi connectivity index (χ4v) is 4.97. The van der Waals surface area contributed by atoms with E-state index >= 15 is 0 Å². The van der Waals surface area contributed by atoms with Crippen LogP contribution < -0.4 is 0 Å². The maximum atomic E-state index is 13.4. The van der Waals surface area contributed by atoms with Gasteiger partial charge in [0, 0.05) is 17.7 Å². The Morgan fingerprint density at radius 1 is 0.939 bits per heavy atom. The number of ether oxygens (including phenoxy) is 1. The van der Waals surface area contributed by atoms with Gasteiger partial charge in [-0.05, 0) is 54.7 Å². The van der Waals surface area contributed by atoms with Gasteiger partial charge in [0.25, 0.3) is 0 Å². The lowest BCUT2D eigenvalue weighted by molar-refractivity contribution is 0.270. The molecular formula is C30H40FNO. The SMILES string of the molecule is C1CCCCC1.C=C(/C(=C(/CCC1CCCC1)OC)c1cccc(C)n1)c1ccc(F)cc1. The first-order chi connectivity index (χ1) is 16.1. The van der Waals surface area contributed by atoms with Crippen LogP contribution in [0.25, 0.3) is 11.1 Å². The summed E-state index contributed by atoms with van der Waals surface area (Å²) in [4.78, 5) is 4.71. The molecule has 0 unspecified atom stereocenters. The number of aryl methyl sites for hydroxylation is 1. The molecule has 2 saturated carbocycles. The van der Waals surface area contributed by atoms with Gasteiger partial charge in [-0.3, -0.25) is 4.98 Å². The van der Waals surface area contributed by atoms with Crippen molar-refractivity contribution in [3.8, 4) is 0 Å². The molecule has 3 heteroatoms. The van der Waals surface area contributed by atoms with Crippen LogP contribution in [-0.2, 0) is 4.74 Å². The molecule has 1 aromatic heterocycles. The van der Waals surface area contributed by atoms with Crippen molar-refractivity contribution in [3.63, 3.8) is 0 Å². The number of rotatable bonds is 7. The summed E-state index contributed by atoms with van der Waals surface area (Å²) in [5.74, 6) is 1.44. The number of benzene rings is 1. The largest absolute Gasteiger partial charge is 0.500 e. The van der Waals surface area contributed by atoms with Gasteiger partial charge in [-0.2, -0.15) is 0 Å². The fourth-order valence-electron chi connectivity index (χ4n) is 4.97. The number of aromatic nitrogens is 1. The third-order valence-electron chi connectivity index (χ3n) is 6.92. The number of hydrogen-bond acceptors (Lipinski definition) is 2. The Balaban J connectivity index is 0.000000442. The van der Waals surface area contributed by atoms with Crippen molar-refractivity contribution >= 4 is 11.1 Å². The zero-order valence-corrected chi connectivity index (χ0v) is 20.5. The van der Waals surface area contributed by atoms with Crippen LogP contribution >= 0.6 is 0 Å². The van der Waals surface area contributed by atoms with Gasteiger partial charge in [0.15, 0.2) is 0 Å². The summed E-state index contributed by atoms with van der Waals surface area (Å²) < 4.78 is 19.2. The van der Waals surface area contributed by atoms with Crippen molar-refractivity contribution in [2.75, 3.05) is 7.11 Å². The molecule has 0 radical (unpaired) electrons. The number of allylic oxidation sites excluding steroid dienone is 3. The first-order valence-corrected chi connectivity index (χ1v) is 12.7. The van der Waals surface area contributed by atoms with E-state index in [0.717, 1.165) is 52.6 Å². The zero-order chi connectivity index (χ0) is 23.5. The molecule has 1 aromatic carbocycles. The minimum atomic E-state index is -0.251. The standard InChI is InChI=1S/C24H28FNO.C6H12/c1-17-7-6-10-22(26-17)24(18(2)20-12-14-21(25)15-13-20)23(27-3)16-11-19-8-4-5-9-19;1-2-4-6-5-3-1/h6-7,10,12-15,19H,2,4-5,8-9,11,16H2,1,3H3;1-6H2/b24-23+;. The normalized spacial score (nSPS) is 17.1. The van der Waals surface area contributed by atoms with Gasteiger partial charge >= 0.3 is 0 Å². The molecule has 1 heterocycles. The minimum Gasteiger partial charge on any atom is -0.500 e. The molecule has 0 spiro atoms. The highest BCUT2D eigenvalue weighted by atomic mass is 19.1. The van der Waals surface area contributed by atoms with Crippen molar-refractivity contribution in [1.29, 1.82) is 0 Å². The molecule has 178 valence electrons. The average molecular weight is 450 g/mol. The van der Waals surface area contributed by atoms with Crippen molar-refractivity contribution in [2.45, 2.75) is 84.0 Å². The maximum Gasteiger partial charge on any atom is 0.123 e. The molecule has 33 heavy (non-hydrogen) atoms. The van der Waals surface area contributed by atoms with Crippen molar-refractivity contribution in [1.82, 2.24) is 4.98 Å². The quantitative estimate of drug-likeness (QED) is 0.311. The molecule has 2 fully saturated rings. The Morgan fingerprint density at radius 3 is 2.09 bits per heavy atom. The molecule has 0 aliphatic heterocycles. The third kappa shape index (κ3) is 7.84. The van der Waals surface area contributed by atoms with Gasteiger partial charge in [-0.1, -0.05) is 89.0 Å². The zero-order valence-electron chi connectivity index (χ0n) is 20.5. The van der Waals surface area contributed by atoms with Crippen molar-refractivity contribution in [2.24, 2.45) is 5.92 Å². The van der Waals surface area contributed by atoms with Gasteiger partial charge in [0.05, 0.1) is 12.8 Å². The van der Waals surface area contributed by atoms with Gasteiger partial charge < -0.3 is 4.74 Å². The molecule has 2 aliphatic rings. The molecule has 2 nitrogen and oxygen atoms in total. The minimum absolute atomic E-state index is 0.251. The molecule has 4 rings (SSSR count). The predicted octanol–water partition coefficient (Wildman–Crippen LogP) is 8.91. The molecular weight excluding hydrogens is 409 g/mol. The topological polar surface area (TPSA) is 22.1 Å².